The van der Waals surface area contributed by atoms with Crippen molar-refractivity contribution >= 4 is 0 Å². The molecule has 0 atom stereocenters. The van der Waals surface area contributed by atoms with Crippen molar-refractivity contribution in [3.8, 4) is 0 Å². The van der Waals surface area contributed by atoms with Crippen LogP contribution < -0.4 is 6.15 Å². The van der Waals surface area contributed by atoms with Crippen LogP contribution in [0.15, 0.2) is 13.2 Å². The maximum absolute atomic E-state index is 3.25. The molecule has 3 N–H and O–H groups in total. The second-order valence-corrected chi connectivity index (χ2v) is 0. The van der Waals surface area contributed by atoms with Crippen LogP contribution in [-0.2, 0) is 18.6 Å². The fraction of sp³-hybridized carbons (Fsp3) is 0.625. The van der Waals surface area contributed by atoms with Gasteiger partial charge in [0, 0.05) is 18.6 Å². The molecule has 0 aliphatic carbocycles. The largest absolute Gasteiger partial charge is 0.346 e. The molecule has 0 aromatic rings. The van der Waals surface area contributed by atoms with Crippen molar-refractivity contribution in [1.29, 1.82) is 0 Å². The zero-order valence-electron chi connectivity index (χ0n) is 8.28. The van der Waals surface area contributed by atoms with E-state index in [1.165, 1.54) is 0 Å². The van der Waals surface area contributed by atoms with Gasteiger partial charge < -0.3 is 13.1 Å². The van der Waals surface area contributed by atoms with Gasteiger partial charge in [0.1, 0.15) is 0 Å². The van der Waals surface area contributed by atoms with Crippen molar-refractivity contribution in [2.45, 2.75) is 34.6 Å². The van der Waals surface area contributed by atoms with E-state index in [2.05, 4.69) is 20.1 Å². The summed E-state index contributed by atoms with van der Waals surface area (Å²) in [6.45, 7) is 19.0. The molecule has 0 unspecified atom stereocenters. The van der Waals surface area contributed by atoms with E-state index in [1.54, 1.807) is 6.92 Å². The Morgan fingerprint density at radius 3 is 0.800 bits per heavy atom. The Hall–Kier alpha value is 0.284. The van der Waals surface area contributed by atoms with Gasteiger partial charge in [0.15, 0.2) is 0 Å². The molecule has 67 valence electrons. The average molecular weight is 185 g/mol. The third kappa shape index (κ3) is 5430. The first-order valence-electron chi connectivity index (χ1n) is 3.21. The molecular weight excluding hydrogens is 161 g/mol. The molecule has 0 fully saturated rings. The van der Waals surface area contributed by atoms with Crippen molar-refractivity contribution < 1.29 is 18.6 Å². The van der Waals surface area contributed by atoms with Crippen molar-refractivity contribution in [2.75, 3.05) is 0 Å². The molecule has 0 rings (SSSR count). The second kappa shape index (κ2) is 7880. The van der Waals surface area contributed by atoms with Crippen LogP contribution in [0.3, 0.4) is 0 Å². The summed E-state index contributed by atoms with van der Waals surface area (Å²) in [5, 5.41) is 0. The van der Waals surface area contributed by atoms with Crippen LogP contribution in [0.4, 0.5) is 0 Å². The molecule has 0 aromatic carbocycles. The van der Waals surface area contributed by atoms with E-state index in [0.717, 1.165) is 0 Å². The van der Waals surface area contributed by atoms with Crippen LogP contribution in [0, 0.1) is 6.92 Å². The number of hydrogen-bond donors (Lipinski definition) is 1. The Morgan fingerprint density at radius 1 is 0.800 bits per heavy atom. The van der Waals surface area contributed by atoms with Crippen LogP contribution in [-0.4, -0.2) is 0 Å². The van der Waals surface area contributed by atoms with Crippen LogP contribution in [0.1, 0.15) is 34.6 Å². The average Bonchev–Trinajstić information content (AvgIpc) is 2.03. The van der Waals surface area contributed by atoms with Crippen molar-refractivity contribution in [2.24, 2.45) is 0 Å². The smallest absolute Gasteiger partial charge is 0 e. The van der Waals surface area contributed by atoms with Gasteiger partial charge in [-0.15, -0.1) is 13.2 Å². The fourth-order valence-corrected chi connectivity index (χ4v) is 0. The summed E-state index contributed by atoms with van der Waals surface area (Å²) in [5.41, 5.74) is 0. The van der Waals surface area contributed by atoms with Crippen molar-refractivity contribution in [3.63, 3.8) is 0 Å². The van der Waals surface area contributed by atoms with E-state index in [9.17, 15) is 0 Å². The molecule has 0 spiro atoms. The minimum Gasteiger partial charge on any atom is -0.346 e. The number of hydrogen-bond acceptors (Lipinski definition) is 1. The predicted molar refractivity (Wildman–Crippen MR) is 50.0 cm³/mol. The number of rotatable bonds is 0. The van der Waals surface area contributed by atoms with Crippen LogP contribution in [0.5, 0.6) is 0 Å². The quantitative estimate of drug-likeness (QED) is 0.451. The molecule has 0 aliphatic rings. The summed E-state index contributed by atoms with van der Waals surface area (Å²) < 4.78 is 0. The predicted octanol–water partition coefficient (Wildman–Crippen LogP) is 3.85. The Balaban J connectivity index is -0.00000000500. The van der Waals surface area contributed by atoms with Crippen molar-refractivity contribution in [3.05, 3.63) is 20.1 Å². The van der Waals surface area contributed by atoms with E-state index >= 15 is 0 Å². The van der Waals surface area contributed by atoms with Gasteiger partial charge in [-0.2, -0.15) is 6.92 Å². The Morgan fingerprint density at radius 2 is 0.800 bits per heavy atom. The van der Waals surface area contributed by atoms with E-state index in [1.807, 2.05) is 27.7 Å². The van der Waals surface area contributed by atoms with Crippen molar-refractivity contribution in [1.82, 2.24) is 6.15 Å². The van der Waals surface area contributed by atoms with Gasteiger partial charge in [-0.1, -0.05) is 27.7 Å². The van der Waals surface area contributed by atoms with E-state index in [0.29, 0.717) is 0 Å². The van der Waals surface area contributed by atoms with E-state index < -0.39 is 0 Å². The Bertz CT molecular complexity index is 9.22. The second-order valence-electron chi connectivity index (χ2n) is 0. The molecule has 0 aliphatic heterocycles. The molecule has 1 nitrogen and oxygen atoms in total. The normalized spacial score (nSPS) is 2.20. The van der Waals surface area contributed by atoms with Crippen LogP contribution in [0.2, 0.25) is 0 Å². The third-order valence-electron chi connectivity index (χ3n) is 0. The van der Waals surface area contributed by atoms with Crippen LogP contribution in [0.25, 0.3) is 0 Å². The minimum atomic E-state index is 0. The van der Waals surface area contributed by atoms with Gasteiger partial charge in [0.2, 0.25) is 0 Å². The fourth-order valence-electron chi connectivity index (χ4n) is 0. The zero-order valence-corrected chi connectivity index (χ0v) is 9.67. The van der Waals surface area contributed by atoms with Gasteiger partial charge in [-0.05, 0) is 0 Å². The Kier molecular flexibility index (Phi) is 38000. The molecule has 0 saturated heterocycles. The summed E-state index contributed by atoms with van der Waals surface area (Å²) >= 11 is 0. The summed E-state index contributed by atoms with van der Waals surface area (Å²) in [6.07, 6.45) is 0. The van der Waals surface area contributed by atoms with Crippen LogP contribution >= 0.6 is 0 Å². The first-order valence-corrected chi connectivity index (χ1v) is 3.21. The third-order valence-corrected chi connectivity index (χ3v) is 0. The summed E-state index contributed by atoms with van der Waals surface area (Å²) in [6, 6.07) is 0. The molecular formula is C8H24NV-. The topological polar surface area (TPSA) is 35.0 Å². The molecule has 10 heavy (non-hydrogen) atoms. The van der Waals surface area contributed by atoms with Gasteiger partial charge in [-0.3, -0.25) is 0 Å². The molecule has 0 bridgehead atoms. The maximum atomic E-state index is 3.25. The summed E-state index contributed by atoms with van der Waals surface area (Å²) in [4.78, 5) is 0. The molecule has 1 radical (unpaired) electrons. The van der Waals surface area contributed by atoms with Gasteiger partial charge >= 0.3 is 0 Å². The standard InChI is InChI=1S/2C2H6.C2H5.C2H4.H3N.V/c4*1-2;;/h2*1-2H3;1H2,2H3;1-2H2;1H3;/q;;-1;;;. The molecule has 0 aromatic heterocycles. The maximum Gasteiger partial charge on any atom is 0 e. The van der Waals surface area contributed by atoms with Gasteiger partial charge in [0.25, 0.3) is 0 Å². The minimum absolute atomic E-state index is 0. The molecule has 0 saturated carbocycles. The Labute approximate surface area is 79.8 Å². The van der Waals surface area contributed by atoms with E-state index in [-0.39, 0.29) is 24.7 Å². The zero-order chi connectivity index (χ0) is 8.00. The first-order chi connectivity index (χ1) is 4.00. The van der Waals surface area contributed by atoms with Gasteiger partial charge in [-0.25, -0.2) is 0 Å². The summed E-state index contributed by atoms with van der Waals surface area (Å²) in [7, 11) is 0. The van der Waals surface area contributed by atoms with Gasteiger partial charge in [0.05, 0.1) is 0 Å². The molecule has 2 heteroatoms. The summed E-state index contributed by atoms with van der Waals surface area (Å²) in [5.74, 6) is 0. The molecule has 0 heterocycles. The first kappa shape index (κ1) is 48.3. The SMILES string of the molecule is C=C.CC.CC.N.[CH2-]C.[V]. The molecule has 0 amide bonds. The monoisotopic (exact) mass is 185 g/mol. The van der Waals surface area contributed by atoms with E-state index in [4.69, 9.17) is 0 Å².